The van der Waals surface area contributed by atoms with Gasteiger partial charge in [-0.25, -0.2) is 9.38 Å². The van der Waals surface area contributed by atoms with Crippen LogP contribution in [0, 0.1) is 5.82 Å². The number of rotatable bonds is 8. The van der Waals surface area contributed by atoms with Gasteiger partial charge in [-0.2, -0.15) is 0 Å². The van der Waals surface area contributed by atoms with Crippen LogP contribution < -0.4 is 16.0 Å². The fraction of sp³-hybridized carbons (Fsp3) is 0.280. The number of aliphatic imine (C=N–C) groups is 1. The van der Waals surface area contributed by atoms with E-state index in [9.17, 15) is 9.18 Å². The van der Waals surface area contributed by atoms with Gasteiger partial charge in [0.15, 0.2) is 11.7 Å². The molecule has 0 aliphatic heterocycles. The molecule has 32 heavy (non-hydrogen) atoms. The lowest BCUT2D eigenvalue weighted by atomic mass is 9.95. The number of halogens is 1. The van der Waals surface area contributed by atoms with Crippen LogP contribution in [0.15, 0.2) is 76.3 Å². The van der Waals surface area contributed by atoms with E-state index in [0.29, 0.717) is 24.7 Å². The lowest BCUT2D eigenvalue weighted by Gasteiger charge is -2.19. The molecule has 0 bridgehead atoms. The molecule has 3 N–H and O–H groups in total. The zero-order valence-corrected chi connectivity index (χ0v) is 18.0. The summed E-state index contributed by atoms with van der Waals surface area (Å²) in [7, 11) is 0. The summed E-state index contributed by atoms with van der Waals surface area (Å²) in [6.07, 6.45) is 3.39. The third kappa shape index (κ3) is 5.17. The summed E-state index contributed by atoms with van der Waals surface area (Å²) in [4.78, 5) is 16.7. The van der Waals surface area contributed by atoms with E-state index in [4.69, 9.17) is 4.42 Å². The molecule has 0 saturated heterocycles. The van der Waals surface area contributed by atoms with Crippen LogP contribution in [0.1, 0.15) is 41.4 Å². The standard InChI is InChI=1S/C25H27FN4O2/c1-2-27-24(29-17-25(13-14-25)20-6-3-4-7-21(20)26)28-16-18-9-11-19(12-10-18)30-23(31)22-8-5-15-32-22/h3-12,15H,2,13-14,16-17H2,1H3,(H,30,31)(H2,27,28,29). The van der Waals surface area contributed by atoms with Crippen molar-refractivity contribution in [1.82, 2.24) is 10.6 Å². The molecule has 2 aromatic carbocycles. The molecule has 7 heteroatoms. The Labute approximate surface area is 186 Å². The monoisotopic (exact) mass is 434 g/mol. The van der Waals surface area contributed by atoms with E-state index in [-0.39, 0.29) is 22.9 Å². The van der Waals surface area contributed by atoms with Gasteiger partial charge in [0, 0.05) is 24.2 Å². The average Bonchev–Trinajstić information content (AvgIpc) is 3.38. The first kappa shape index (κ1) is 21.6. The lowest BCUT2D eigenvalue weighted by molar-refractivity contribution is 0.0996. The van der Waals surface area contributed by atoms with Crippen LogP contribution in [-0.4, -0.2) is 25.0 Å². The number of hydrogen-bond acceptors (Lipinski definition) is 3. The summed E-state index contributed by atoms with van der Waals surface area (Å²) >= 11 is 0. The molecule has 0 atom stereocenters. The van der Waals surface area contributed by atoms with Crippen molar-refractivity contribution in [3.8, 4) is 0 Å². The molecule has 6 nitrogen and oxygen atoms in total. The summed E-state index contributed by atoms with van der Waals surface area (Å²) in [5, 5.41) is 9.42. The molecule has 1 aliphatic carbocycles. The second-order valence-corrected chi connectivity index (χ2v) is 7.94. The predicted molar refractivity (Wildman–Crippen MR) is 123 cm³/mol. The van der Waals surface area contributed by atoms with Crippen molar-refractivity contribution in [3.05, 3.63) is 89.6 Å². The van der Waals surface area contributed by atoms with Crippen LogP contribution in [0.3, 0.4) is 0 Å². The van der Waals surface area contributed by atoms with Gasteiger partial charge in [-0.3, -0.25) is 4.79 Å². The van der Waals surface area contributed by atoms with Gasteiger partial charge < -0.3 is 20.4 Å². The molecule has 0 spiro atoms. The minimum absolute atomic E-state index is 0.145. The van der Waals surface area contributed by atoms with Gasteiger partial charge in [-0.05, 0) is 61.2 Å². The van der Waals surface area contributed by atoms with Crippen molar-refractivity contribution in [2.45, 2.75) is 31.7 Å². The molecular weight excluding hydrogens is 407 g/mol. The minimum atomic E-state index is -0.289. The molecule has 0 radical (unpaired) electrons. The summed E-state index contributed by atoms with van der Waals surface area (Å²) in [5.74, 6) is 0.533. The van der Waals surface area contributed by atoms with E-state index in [0.717, 1.165) is 30.5 Å². The third-order valence-electron chi connectivity index (χ3n) is 5.61. The first-order valence-corrected chi connectivity index (χ1v) is 10.8. The minimum Gasteiger partial charge on any atom is -0.459 e. The molecular formula is C25H27FN4O2. The second kappa shape index (κ2) is 9.68. The van der Waals surface area contributed by atoms with Crippen LogP contribution in [0.2, 0.25) is 0 Å². The highest BCUT2D eigenvalue weighted by atomic mass is 19.1. The van der Waals surface area contributed by atoms with Crippen molar-refractivity contribution in [2.75, 3.05) is 18.4 Å². The Balaban J connectivity index is 1.35. The Kier molecular flexibility index (Phi) is 6.54. The molecule has 1 saturated carbocycles. The number of anilines is 1. The number of nitrogens with one attached hydrogen (secondary N) is 3. The van der Waals surface area contributed by atoms with Crippen molar-refractivity contribution >= 4 is 17.6 Å². The van der Waals surface area contributed by atoms with E-state index in [2.05, 4.69) is 20.9 Å². The Bertz CT molecular complexity index is 1070. The molecule has 4 rings (SSSR count). The highest BCUT2D eigenvalue weighted by Crippen LogP contribution is 2.48. The van der Waals surface area contributed by atoms with Crippen molar-refractivity contribution in [1.29, 1.82) is 0 Å². The number of guanidine groups is 1. The van der Waals surface area contributed by atoms with Gasteiger partial charge >= 0.3 is 0 Å². The first-order valence-electron chi connectivity index (χ1n) is 10.8. The zero-order valence-electron chi connectivity index (χ0n) is 18.0. The van der Waals surface area contributed by atoms with E-state index >= 15 is 0 Å². The van der Waals surface area contributed by atoms with E-state index in [1.54, 1.807) is 18.2 Å². The van der Waals surface area contributed by atoms with Crippen molar-refractivity contribution < 1.29 is 13.6 Å². The number of benzene rings is 2. The normalized spacial score (nSPS) is 14.6. The SMILES string of the molecule is CCNC(=NCc1ccc(NC(=O)c2ccco2)cc1)NCC1(c2ccccc2F)CC1. The molecule has 166 valence electrons. The van der Waals surface area contributed by atoms with Crippen LogP contribution in [0.4, 0.5) is 10.1 Å². The smallest absolute Gasteiger partial charge is 0.291 e. The summed E-state index contributed by atoms with van der Waals surface area (Å²) < 4.78 is 19.4. The predicted octanol–water partition coefficient (Wildman–Crippen LogP) is 4.46. The van der Waals surface area contributed by atoms with Crippen LogP contribution in [-0.2, 0) is 12.0 Å². The number of furan rings is 1. The Hall–Kier alpha value is -3.61. The molecule has 0 unspecified atom stereocenters. The number of carbonyl (C=O) groups excluding carboxylic acids is 1. The summed E-state index contributed by atoms with van der Waals surface area (Å²) in [6.45, 7) is 3.86. The maximum absolute atomic E-state index is 14.3. The quantitative estimate of drug-likeness (QED) is 0.361. The van der Waals surface area contributed by atoms with Gasteiger partial charge in [0.2, 0.25) is 0 Å². The molecule has 1 fully saturated rings. The van der Waals surface area contributed by atoms with Crippen molar-refractivity contribution in [2.24, 2.45) is 4.99 Å². The molecule has 1 aliphatic rings. The molecule has 1 heterocycles. The summed E-state index contributed by atoms with van der Waals surface area (Å²) in [6, 6.07) is 17.8. The van der Waals surface area contributed by atoms with E-state index in [1.165, 1.54) is 12.3 Å². The van der Waals surface area contributed by atoms with E-state index < -0.39 is 0 Å². The van der Waals surface area contributed by atoms with Gasteiger partial charge in [0.25, 0.3) is 5.91 Å². The number of carbonyl (C=O) groups is 1. The van der Waals surface area contributed by atoms with Gasteiger partial charge in [0.05, 0.1) is 12.8 Å². The molecule has 1 amide bonds. The first-order chi connectivity index (χ1) is 15.6. The Morgan fingerprint density at radius 1 is 1.06 bits per heavy atom. The maximum atomic E-state index is 14.3. The third-order valence-corrected chi connectivity index (χ3v) is 5.61. The average molecular weight is 435 g/mol. The largest absolute Gasteiger partial charge is 0.459 e. The number of nitrogens with zero attached hydrogens (tertiary/aromatic N) is 1. The van der Waals surface area contributed by atoms with Crippen LogP contribution in [0.5, 0.6) is 0 Å². The summed E-state index contributed by atoms with van der Waals surface area (Å²) in [5.41, 5.74) is 2.31. The lowest BCUT2D eigenvalue weighted by Crippen LogP contribution is -2.41. The fourth-order valence-corrected chi connectivity index (χ4v) is 3.64. The van der Waals surface area contributed by atoms with Gasteiger partial charge in [-0.15, -0.1) is 0 Å². The van der Waals surface area contributed by atoms with Crippen LogP contribution >= 0.6 is 0 Å². The zero-order chi connectivity index (χ0) is 22.4. The van der Waals surface area contributed by atoms with Crippen LogP contribution in [0.25, 0.3) is 0 Å². The molecule has 3 aromatic rings. The fourth-order valence-electron chi connectivity index (χ4n) is 3.64. The second-order valence-electron chi connectivity index (χ2n) is 7.94. The Morgan fingerprint density at radius 3 is 2.50 bits per heavy atom. The number of amides is 1. The van der Waals surface area contributed by atoms with Gasteiger partial charge in [0.1, 0.15) is 5.82 Å². The Morgan fingerprint density at radius 2 is 1.84 bits per heavy atom. The highest BCUT2D eigenvalue weighted by molar-refractivity contribution is 6.02. The molecule has 1 aromatic heterocycles. The maximum Gasteiger partial charge on any atom is 0.291 e. The number of hydrogen-bond donors (Lipinski definition) is 3. The topological polar surface area (TPSA) is 78.7 Å². The van der Waals surface area contributed by atoms with Gasteiger partial charge in [-0.1, -0.05) is 30.3 Å². The highest BCUT2D eigenvalue weighted by Gasteiger charge is 2.45. The van der Waals surface area contributed by atoms with Crippen molar-refractivity contribution in [3.63, 3.8) is 0 Å². The van der Waals surface area contributed by atoms with E-state index in [1.807, 2.05) is 43.3 Å².